The summed E-state index contributed by atoms with van der Waals surface area (Å²) in [7, 11) is 0. The molecule has 0 unspecified atom stereocenters. The molecule has 0 saturated heterocycles. The van der Waals surface area contributed by atoms with Crippen molar-refractivity contribution in [2.45, 2.75) is 0 Å². The minimum atomic E-state index is -0.117. The minimum Gasteiger partial charge on any atom is -0.500 e. The van der Waals surface area contributed by atoms with Gasteiger partial charge in [0.15, 0.2) is 0 Å². The van der Waals surface area contributed by atoms with Crippen LogP contribution in [0.2, 0.25) is 0 Å². The van der Waals surface area contributed by atoms with Gasteiger partial charge in [0.2, 0.25) is 0 Å². The van der Waals surface area contributed by atoms with Gasteiger partial charge >= 0.3 is 0 Å². The smallest absolute Gasteiger partial charge is 0.278 e. The van der Waals surface area contributed by atoms with Crippen LogP contribution in [0.15, 0.2) is 158 Å². The number of para-hydroxylation sites is 4. The van der Waals surface area contributed by atoms with E-state index in [2.05, 4.69) is 196 Å². The summed E-state index contributed by atoms with van der Waals surface area (Å²) >= 11 is 0. The maximum atomic E-state index is 3.92. The zero-order valence-electron chi connectivity index (χ0n) is 26.3. The molecule has 7 heteroatoms. The van der Waals surface area contributed by atoms with E-state index in [-0.39, 0.29) is 27.3 Å². The second-order valence-electron chi connectivity index (χ2n) is 12.3. The van der Waals surface area contributed by atoms with Crippen molar-refractivity contribution in [3.8, 4) is 22.3 Å². The third-order valence-corrected chi connectivity index (χ3v) is 9.57. The molecule has 0 spiro atoms. The molecule has 0 aliphatic carbocycles. The van der Waals surface area contributed by atoms with Crippen molar-refractivity contribution in [2.75, 3.05) is 24.4 Å². The van der Waals surface area contributed by atoms with E-state index >= 15 is 0 Å². The second-order valence-corrected chi connectivity index (χ2v) is 12.3. The summed E-state index contributed by atoms with van der Waals surface area (Å²) in [4.78, 5) is 11.1. The summed E-state index contributed by atoms with van der Waals surface area (Å²) in [6, 6.07) is 55.0. The van der Waals surface area contributed by atoms with E-state index in [1.165, 1.54) is 33.6 Å². The van der Waals surface area contributed by atoms with Gasteiger partial charge in [-0.15, -0.1) is 48.0 Å². The zero-order valence-corrected chi connectivity index (χ0v) is 27.9. The molecule has 0 fully saturated rings. The Hall–Kier alpha value is -5.47. The molecule has 238 valence electrons. The van der Waals surface area contributed by atoms with E-state index < -0.39 is 0 Å². The Bertz CT molecular complexity index is 2100. The van der Waals surface area contributed by atoms with Gasteiger partial charge in [-0.25, -0.2) is 0 Å². The van der Waals surface area contributed by atoms with Crippen molar-refractivity contribution in [1.82, 2.24) is 0 Å². The second kappa shape index (κ2) is 11.9. The largest absolute Gasteiger partial charge is 0.500 e. The molecule has 5 nitrogen and oxygen atoms in total. The molecule has 0 bridgehead atoms. The number of hydrogen-bond acceptors (Lipinski definition) is 5. The molecule has 0 atom stereocenters. The fourth-order valence-electron chi connectivity index (χ4n) is 7.33. The summed E-state index contributed by atoms with van der Waals surface area (Å²) in [5.74, 6) is 0. The van der Waals surface area contributed by atoms with E-state index in [1.807, 2.05) is 12.1 Å². The minimum absolute atomic E-state index is 0. The van der Waals surface area contributed by atoms with Crippen molar-refractivity contribution >= 4 is 51.9 Å². The van der Waals surface area contributed by atoms with Gasteiger partial charge in [0.1, 0.15) is 0 Å². The van der Waals surface area contributed by atoms with E-state index in [1.54, 1.807) is 0 Å². The van der Waals surface area contributed by atoms with Gasteiger partial charge in [0, 0.05) is 43.2 Å². The maximum absolute atomic E-state index is 3.92. The van der Waals surface area contributed by atoms with Crippen molar-refractivity contribution < 1.29 is 20.4 Å². The van der Waals surface area contributed by atoms with Crippen molar-refractivity contribution in [1.29, 1.82) is 0 Å². The topological polar surface area (TPSA) is 16.2 Å². The van der Waals surface area contributed by atoms with Crippen LogP contribution in [0.3, 0.4) is 0 Å². The summed E-state index contributed by atoms with van der Waals surface area (Å²) in [6.07, 6.45) is 8.38. The first-order valence-corrected chi connectivity index (χ1v) is 16.2. The Morgan fingerprint density at radius 2 is 0.816 bits per heavy atom. The van der Waals surface area contributed by atoms with Crippen LogP contribution >= 0.6 is 0 Å². The predicted octanol–water partition coefficient (Wildman–Crippen LogP) is 8.02. The number of nitrogens with zero attached hydrogens (tertiary/aromatic N) is 5. The normalized spacial score (nSPS) is 15.0. The average Bonchev–Trinajstić information content (AvgIpc) is 3.87. The van der Waals surface area contributed by atoms with Crippen LogP contribution in [0, 0.1) is 25.5 Å². The Kier molecular flexibility index (Phi) is 7.20. The average molecular weight is 720 g/mol. The van der Waals surface area contributed by atoms with Crippen molar-refractivity contribution in [3.05, 3.63) is 184 Å². The van der Waals surface area contributed by atoms with E-state index in [9.17, 15) is 0 Å². The molecule has 6 aromatic rings. The van der Waals surface area contributed by atoms with Crippen molar-refractivity contribution in [3.63, 3.8) is 0 Å². The molecule has 0 aromatic heterocycles. The Morgan fingerprint density at radius 1 is 0.408 bits per heavy atom. The Morgan fingerprint density at radius 3 is 1.29 bits per heavy atom. The van der Waals surface area contributed by atoms with Gasteiger partial charge in [-0.3, -0.25) is 0 Å². The van der Waals surface area contributed by atoms with Gasteiger partial charge in [-0.05, 0) is 61.2 Å². The standard InChI is InChI=1S/C42H28BN5.Pd/c1-3-11-31(12-4-1)44-23-25-46(29-44)33-19-21-35-37-15-7-9-17-41(37)48-42-18-10-8-16-38(42)36-22-20-34(28-40(36)43(48)39(35)27-33)47-26-24-45(30-47)32-13-5-2-6-14-32;/h1-26,29-30H;/q-4;. The van der Waals surface area contributed by atoms with E-state index in [0.717, 1.165) is 33.7 Å². The molecule has 0 radical (unpaired) electrons. The van der Waals surface area contributed by atoms with Gasteiger partial charge < -0.3 is 24.4 Å². The summed E-state index contributed by atoms with van der Waals surface area (Å²) in [5, 5.41) is 0. The van der Waals surface area contributed by atoms with Crippen LogP contribution in [-0.4, -0.2) is 6.85 Å². The Labute approximate surface area is 301 Å². The number of anilines is 6. The SMILES string of the molecule is [Pd].[c-]1c(N2C=CN(c3ccccc3)[CH-]2)ccc2c1B1c3[c-]c(N4C=CN(c5ccccc5)[CH-]4)ccc3-c3ccccc3N1c1ccccc1-2. The summed E-state index contributed by atoms with van der Waals surface area (Å²) in [6.45, 7) is 4.11. The summed E-state index contributed by atoms with van der Waals surface area (Å²) < 4.78 is 0. The number of fused-ring (bicyclic) bond motifs is 11. The van der Waals surface area contributed by atoms with Crippen LogP contribution in [0.25, 0.3) is 22.3 Å². The first-order chi connectivity index (χ1) is 23.8. The van der Waals surface area contributed by atoms with Gasteiger partial charge in [-0.2, -0.15) is 35.2 Å². The molecule has 4 aliphatic heterocycles. The van der Waals surface area contributed by atoms with Gasteiger partial charge in [-0.1, -0.05) is 83.9 Å². The summed E-state index contributed by atoms with van der Waals surface area (Å²) in [5.41, 5.74) is 13.7. The number of rotatable bonds is 4. The molecule has 4 aliphatic rings. The van der Waals surface area contributed by atoms with Crippen LogP contribution < -0.4 is 35.3 Å². The van der Waals surface area contributed by atoms with E-state index in [4.69, 9.17) is 0 Å². The molecule has 6 aromatic carbocycles. The molecule has 49 heavy (non-hydrogen) atoms. The molecule has 4 heterocycles. The van der Waals surface area contributed by atoms with Gasteiger partial charge in [0.25, 0.3) is 6.85 Å². The van der Waals surface area contributed by atoms with Gasteiger partial charge in [0.05, 0.1) is 0 Å². The number of hydrogen-bond donors (Lipinski definition) is 0. The first-order valence-electron chi connectivity index (χ1n) is 16.2. The van der Waals surface area contributed by atoms with Crippen LogP contribution in [0.5, 0.6) is 0 Å². The van der Waals surface area contributed by atoms with E-state index in [0.29, 0.717) is 0 Å². The number of benzene rings is 6. The maximum Gasteiger partial charge on any atom is 0.278 e. The third-order valence-electron chi connectivity index (χ3n) is 9.57. The quantitative estimate of drug-likeness (QED) is 0.135. The molecule has 0 N–H and O–H groups in total. The molecular formula is C42H28BN5Pd-4. The molecule has 0 saturated carbocycles. The fraction of sp³-hybridized carbons (Fsp3) is 0. The third kappa shape index (κ3) is 4.81. The molecular weight excluding hydrogens is 692 g/mol. The first kappa shape index (κ1) is 29.6. The van der Waals surface area contributed by atoms with Crippen LogP contribution in [0.1, 0.15) is 0 Å². The van der Waals surface area contributed by atoms with Crippen molar-refractivity contribution in [2.24, 2.45) is 0 Å². The van der Waals surface area contributed by atoms with Crippen LogP contribution in [-0.2, 0) is 20.4 Å². The predicted molar refractivity (Wildman–Crippen MR) is 198 cm³/mol. The van der Waals surface area contributed by atoms with Crippen LogP contribution in [0.4, 0.5) is 34.1 Å². The Balaban J connectivity index is 0.00000325. The molecule has 10 rings (SSSR count). The molecule has 0 amide bonds. The zero-order chi connectivity index (χ0) is 31.6. The monoisotopic (exact) mass is 719 g/mol. The fourth-order valence-corrected chi connectivity index (χ4v) is 7.33.